The molecule has 0 saturated heterocycles. The van der Waals surface area contributed by atoms with E-state index in [2.05, 4.69) is 31.0 Å². The van der Waals surface area contributed by atoms with Crippen molar-refractivity contribution in [1.82, 2.24) is 0 Å². The minimum Gasteiger partial charge on any atom is -0.299 e. The average molecular weight is 410 g/mol. The van der Waals surface area contributed by atoms with Crippen molar-refractivity contribution < 1.29 is 9.59 Å². The van der Waals surface area contributed by atoms with Gasteiger partial charge in [0.2, 0.25) is 0 Å². The summed E-state index contributed by atoms with van der Waals surface area (Å²) < 4.78 is 0. The van der Waals surface area contributed by atoms with Crippen molar-refractivity contribution in [3.63, 3.8) is 0 Å². The highest BCUT2D eigenvalue weighted by atomic mass is 16.1. The lowest BCUT2D eigenvalue weighted by molar-refractivity contribution is -0.121. The molecule has 0 amide bonds. The van der Waals surface area contributed by atoms with Crippen molar-refractivity contribution in [2.45, 2.75) is 81.1 Å². The standard InChI is InChI=1S/C16H23NO.C8H8O.C3H8/c1-10(2)17-15-9-11(3)14(8-12(15)4)16(6,7)13(5)18;1-7(9)8-5-3-2-4-6-8;1-3-2/h8-9H,1-7H3;2-6H,1H3;3H2,1-2H3. The summed E-state index contributed by atoms with van der Waals surface area (Å²) in [6.07, 6.45) is 1.25. The van der Waals surface area contributed by atoms with E-state index in [1.54, 1.807) is 13.8 Å². The van der Waals surface area contributed by atoms with E-state index in [0.29, 0.717) is 0 Å². The minimum atomic E-state index is -0.432. The average Bonchev–Trinajstić information content (AvgIpc) is 2.65. The summed E-state index contributed by atoms with van der Waals surface area (Å²) in [5.74, 6) is 0.309. The van der Waals surface area contributed by atoms with Crippen LogP contribution in [0.2, 0.25) is 0 Å². The molecule has 30 heavy (non-hydrogen) atoms. The first-order valence-electron chi connectivity index (χ1n) is 10.6. The molecule has 0 heterocycles. The van der Waals surface area contributed by atoms with Crippen LogP contribution in [0.5, 0.6) is 0 Å². The quantitative estimate of drug-likeness (QED) is 0.386. The van der Waals surface area contributed by atoms with E-state index >= 15 is 0 Å². The Labute approximate surface area is 183 Å². The van der Waals surface area contributed by atoms with Crippen molar-refractivity contribution in [3.8, 4) is 0 Å². The highest BCUT2D eigenvalue weighted by Crippen LogP contribution is 2.32. The van der Waals surface area contributed by atoms with Crippen molar-refractivity contribution in [1.29, 1.82) is 0 Å². The molecule has 2 aromatic rings. The Morgan fingerprint density at radius 3 is 1.73 bits per heavy atom. The van der Waals surface area contributed by atoms with Crippen LogP contribution in [0.15, 0.2) is 47.5 Å². The second-order valence-electron chi connectivity index (χ2n) is 8.32. The van der Waals surface area contributed by atoms with Gasteiger partial charge in [0.1, 0.15) is 5.78 Å². The molecule has 0 radical (unpaired) electrons. The third-order valence-electron chi connectivity index (χ3n) is 4.62. The summed E-state index contributed by atoms with van der Waals surface area (Å²) in [4.78, 5) is 26.9. The third-order valence-corrected chi connectivity index (χ3v) is 4.62. The van der Waals surface area contributed by atoms with E-state index in [4.69, 9.17) is 0 Å². The summed E-state index contributed by atoms with van der Waals surface area (Å²) >= 11 is 0. The maximum atomic E-state index is 11.8. The van der Waals surface area contributed by atoms with Gasteiger partial charge in [0.25, 0.3) is 0 Å². The van der Waals surface area contributed by atoms with Gasteiger partial charge in [0.15, 0.2) is 5.78 Å². The molecule has 2 aromatic carbocycles. The van der Waals surface area contributed by atoms with Gasteiger partial charge in [0, 0.05) is 16.7 Å². The van der Waals surface area contributed by atoms with Crippen LogP contribution in [0.4, 0.5) is 5.69 Å². The number of carbonyl (C=O) groups excluding carboxylic acids is 2. The summed E-state index contributed by atoms with van der Waals surface area (Å²) in [6.45, 7) is 19.5. The van der Waals surface area contributed by atoms with Crippen LogP contribution >= 0.6 is 0 Å². The third kappa shape index (κ3) is 8.86. The van der Waals surface area contributed by atoms with Gasteiger partial charge >= 0.3 is 0 Å². The Morgan fingerprint density at radius 2 is 1.37 bits per heavy atom. The molecule has 0 aromatic heterocycles. The Hall–Kier alpha value is -2.55. The smallest absolute Gasteiger partial charge is 0.159 e. The molecule has 2 rings (SSSR count). The van der Waals surface area contributed by atoms with Crippen LogP contribution < -0.4 is 0 Å². The predicted octanol–water partition coefficient (Wildman–Crippen LogP) is 7.59. The molecule has 3 heteroatoms. The van der Waals surface area contributed by atoms with Gasteiger partial charge < -0.3 is 0 Å². The van der Waals surface area contributed by atoms with Gasteiger partial charge in [-0.1, -0.05) is 56.7 Å². The van der Waals surface area contributed by atoms with E-state index in [1.807, 2.05) is 71.9 Å². The molecule has 0 spiro atoms. The molecule has 0 bridgehead atoms. The van der Waals surface area contributed by atoms with E-state index in [-0.39, 0.29) is 11.6 Å². The van der Waals surface area contributed by atoms with Crippen molar-refractivity contribution in [2.24, 2.45) is 4.99 Å². The van der Waals surface area contributed by atoms with Crippen LogP contribution in [0.25, 0.3) is 0 Å². The Bertz CT molecular complexity index is 858. The van der Waals surface area contributed by atoms with Gasteiger partial charge in [-0.15, -0.1) is 0 Å². The van der Waals surface area contributed by atoms with E-state index < -0.39 is 5.41 Å². The Balaban J connectivity index is 0.000000581. The second kappa shape index (κ2) is 12.9. The van der Waals surface area contributed by atoms with Crippen molar-refractivity contribution in [2.75, 3.05) is 0 Å². The monoisotopic (exact) mass is 409 g/mol. The fraction of sp³-hybridized carbons (Fsp3) is 0.444. The molecular formula is C27H39NO2. The number of benzene rings is 2. The summed E-state index contributed by atoms with van der Waals surface area (Å²) in [7, 11) is 0. The van der Waals surface area contributed by atoms with Gasteiger partial charge in [-0.05, 0) is 78.1 Å². The largest absolute Gasteiger partial charge is 0.299 e. The van der Waals surface area contributed by atoms with Crippen molar-refractivity contribution in [3.05, 3.63) is 64.7 Å². The number of Topliss-reactive ketones (excluding diaryl/α,β-unsaturated/α-hetero) is 2. The number of rotatable bonds is 4. The first-order valence-corrected chi connectivity index (χ1v) is 10.6. The molecular weight excluding hydrogens is 370 g/mol. The molecule has 0 unspecified atom stereocenters. The van der Waals surface area contributed by atoms with E-state index in [9.17, 15) is 9.59 Å². The number of aryl methyl sites for hydroxylation is 2. The van der Waals surface area contributed by atoms with Gasteiger partial charge in [0.05, 0.1) is 5.69 Å². The van der Waals surface area contributed by atoms with Crippen LogP contribution in [0, 0.1) is 13.8 Å². The van der Waals surface area contributed by atoms with Crippen LogP contribution in [0.1, 0.15) is 88.9 Å². The van der Waals surface area contributed by atoms with Crippen molar-refractivity contribution >= 4 is 23.0 Å². The normalized spacial score (nSPS) is 10.1. The fourth-order valence-corrected chi connectivity index (χ4v) is 2.70. The number of hydrogen-bond donors (Lipinski definition) is 0. The SMILES string of the molecule is CC(=O)C(C)(C)c1cc(C)c(N=C(C)C)cc1C.CC(=O)c1ccccc1.CCC. The summed E-state index contributed by atoms with van der Waals surface area (Å²) in [5.41, 5.74) is 5.72. The molecule has 0 aliphatic heterocycles. The first-order chi connectivity index (χ1) is 13.9. The van der Waals surface area contributed by atoms with Gasteiger partial charge in [-0.25, -0.2) is 0 Å². The van der Waals surface area contributed by atoms with Gasteiger partial charge in [-0.2, -0.15) is 0 Å². The van der Waals surface area contributed by atoms with E-state index in [1.165, 1.54) is 6.42 Å². The lowest BCUT2D eigenvalue weighted by Gasteiger charge is -2.25. The van der Waals surface area contributed by atoms with Crippen LogP contribution in [0.3, 0.4) is 0 Å². The molecule has 164 valence electrons. The maximum absolute atomic E-state index is 11.8. The highest BCUT2D eigenvalue weighted by Gasteiger charge is 2.28. The molecule has 0 N–H and O–H groups in total. The van der Waals surface area contributed by atoms with Crippen LogP contribution in [-0.4, -0.2) is 17.3 Å². The van der Waals surface area contributed by atoms with E-state index in [0.717, 1.165) is 33.7 Å². The second-order valence-corrected chi connectivity index (χ2v) is 8.32. The maximum Gasteiger partial charge on any atom is 0.159 e. The predicted molar refractivity (Wildman–Crippen MR) is 130 cm³/mol. The fourth-order valence-electron chi connectivity index (χ4n) is 2.70. The molecule has 3 nitrogen and oxygen atoms in total. The molecule has 0 fully saturated rings. The summed E-state index contributed by atoms with van der Waals surface area (Å²) in [6, 6.07) is 13.4. The Kier molecular flexibility index (Phi) is 11.8. The number of aliphatic imine (C=N–C) groups is 1. The minimum absolute atomic E-state index is 0.121. The molecule has 0 aliphatic carbocycles. The number of ketones is 2. The number of hydrogen-bond acceptors (Lipinski definition) is 3. The zero-order valence-corrected chi connectivity index (χ0v) is 20.5. The molecule has 0 aliphatic rings. The molecule has 0 atom stereocenters. The topological polar surface area (TPSA) is 46.5 Å². The zero-order chi connectivity index (χ0) is 23.5. The molecule has 0 saturated carbocycles. The lowest BCUT2D eigenvalue weighted by Crippen LogP contribution is -2.27. The Morgan fingerprint density at radius 1 is 0.867 bits per heavy atom. The zero-order valence-electron chi connectivity index (χ0n) is 20.5. The van der Waals surface area contributed by atoms with Gasteiger partial charge in [-0.3, -0.25) is 14.6 Å². The first kappa shape index (κ1) is 27.5. The number of nitrogens with zero attached hydrogens (tertiary/aromatic N) is 1. The number of carbonyl (C=O) groups is 2. The highest BCUT2D eigenvalue weighted by molar-refractivity contribution is 5.93. The lowest BCUT2D eigenvalue weighted by atomic mass is 9.78. The summed E-state index contributed by atoms with van der Waals surface area (Å²) in [5, 5.41) is 0. The van der Waals surface area contributed by atoms with Crippen LogP contribution in [-0.2, 0) is 10.2 Å².